The third-order valence-electron chi connectivity index (χ3n) is 3.77. The molecule has 0 saturated carbocycles. The molecule has 0 heterocycles. The van der Waals surface area contributed by atoms with Crippen molar-refractivity contribution in [3.63, 3.8) is 0 Å². The van der Waals surface area contributed by atoms with Crippen molar-refractivity contribution in [2.75, 3.05) is 13.2 Å². The predicted molar refractivity (Wildman–Crippen MR) is 106 cm³/mol. The second-order valence-electron chi connectivity index (χ2n) is 5.96. The van der Waals surface area contributed by atoms with Gasteiger partial charge in [-0.3, -0.25) is 9.59 Å². The van der Waals surface area contributed by atoms with Gasteiger partial charge in [0.2, 0.25) is 0 Å². The molecule has 0 aliphatic rings. The normalized spacial score (nSPS) is 10.6. The number of hydrogen-bond donors (Lipinski definition) is 2. The molecule has 6 nitrogen and oxygen atoms in total. The van der Waals surface area contributed by atoms with Gasteiger partial charge < -0.3 is 10.1 Å². The lowest BCUT2D eigenvalue weighted by atomic mass is 10.1. The van der Waals surface area contributed by atoms with E-state index in [1.165, 1.54) is 6.21 Å². The Kier molecular flexibility index (Phi) is 8.56. The highest BCUT2D eigenvalue weighted by atomic mass is 16.5. The molecule has 2 aromatic carbocycles. The first-order valence-corrected chi connectivity index (χ1v) is 9.07. The van der Waals surface area contributed by atoms with Gasteiger partial charge in [-0.2, -0.15) is 5.10 Å². The minimum atomic E-state index is -0.793. The summed E-state index contributed by atoms with van der Waals surface area (Å²) >= 11 is 0. The minimum absolute atomic E-state index is 0.388. The molecular formula is C21H25N3O3. The topological polar surface area (TPSA) is 79.8 Å². The molecule has 0 atom stereocenters. The van der Waals surface area contributed by atoms with Gasteiger partial charge in [0.05, 0.1) is 12.8 Å². The van der Waals surface area contributed by atoms with Crippen LogP contribution in [0.5, 0.6) is 5.75 Å². The molecule has 0 aliphatic heterocycles. The number of ether oxygens (including phenoxy) is 1. The molecule has 6 heteroatoms. The fourth-order valence-electron chi connectivity index (χ4n) is 2.25. The van der Waals surface area contributed by atoms with Crippen LogP contribution in [0, 0.1) is 0 Å². The maximum Gasteiger partial charge on any atom is 0.329 e. The Morgan fingerprint density at radius 2 is 1.78 bits per heavy atom. The van der Waals surface area contributed by atoms with Crippen molar-refractivity contribution < 1.29 is 14.3 Å². The van der Waals surface area contributed by atoms with Crippen LogP contribution in [0.4, 0.5) is 0 Å². The third kappa shape index (κ3) is 7.73. The molecule has 27 heavy (non-hydrogen) atoms. The SMILES string of the molecule is CCCCOc1ccc(/C=N\NC(=O)C(=O)NCCc2ccccc2)cc1. The Labute approximate surface area is 159 Å². The average Bonchev–Trinajstić information content (AvgIpc) is 2.70. The fourth-order valence-corrected chi connectivity index (χ4v) is 2.25. The van der Waals surface area contributed by atoms with Gasteiger partial charge in [-0.05, 0) is 48.2 Å². The molecule has 2 N–H and O–H groups in total. The van der Waals surface area contributed by atoms with Gasteiger partial charge in [0.25, 0.3) is 0 Å². The Morgan fingerprint density at radius 3 is 2.48 bits per heavy atom. The summed E-state index contributed by atoms with van der Waals surface area (Å²) < 4.78 is 5.58. The van der Waals surface area contributed by atoms with Crippen LogP contribution < -0.4 is 15.5 Å². The third-order valence-corrected chi connectivity index (χ3v) is 3.77. The van der Waals surface area contributed by atoms with Crippen LogP contribution >= 0.6 is 0 Å². The van der Waals surface area contributed by atoms with Gasteiger partial charge >= 0.3 is 11.8 Å². The van der Waals surface area contributed by atoms with Gasteiger partial charge in [0.1, 0.15) is 5.75 Å². The minimum Gasteiger partial charge on any atom is -0.494 e. The summed E-state index contributed by atoms with van der Waals surface area (Å²) in [6, 6.07) is 17.1. The maximum absolute atomic E-state index is 11.7. The highest BCUT2D eigenvalue weighted by Crippen LogP contribution is 2.11. The number of carbonyl (C=O) groups is 2. The van der Waals surface area contributed by atoms with Crippen LogP contribution in [-0.2, 0) is 16.0 Å². The van der Waals surface area contributed by atoms with Crippen molar-refractivity contribution in [2.24, 2.45) is 5.10 Å². The Balaban J connectivity index is 1.69. The number of nitrogens with one attached hydrogen (secondary N) is 2. The first kappa shape index (κ1) is 20.2. The summed E-state index contributed by atoms with van der Waals surface area (Å²) in [5.74, 6) is -0.705. The second-order valence-corrected chi connectivity index (χ2v) is 5.96. The van der Waals surface area contributed by atoms with Crippen molar-refractivity contribution in [3.8, 4) is 5.75 Å². The summed E-state index contributed by atoms with van der Waals surface area (Å²) in [5, 5.41) is 6.38. The second kappa shape index (κ2) is 11.5. The van der Waals surface area contributed by atoms with Gasteiger partial charge in [-0.25, -0.2) is 5.43 Å². The molecule has 2 rings (SSSR count). The highest BCUT2D eigenvalue weighted by Gasteiger charge is 2.11. The Morgan fingerprint density at radius 1 is 1.04 bits per heavy atom. The van der Waals surface area contributed by atoms with Crippen LogP contribution in [0.1, 0.15) is 30.9 Å². The van der Waals surface area contributed by atoms with Gasteiger partial charge in [-0.1, -0.05) is 43.7 Å². The smallest absolute Gasteiger partial charge is 0.329 e. The van der Waals surface area contributed by atoms with Crippen LogP contribution in [0.15, 0.2) is 59.7 Å². The standard InChI is InChI=1S/C21H25N3O3/c1-2-3-15-27-19-11-9-18(10-12-19)16-23-24-21(26)20(25)22-14-13-17-7-5-4-6-8-17/h4-12,16H,2-3,13-15H2,1H3,(H,22,25)(H,24,26)/b23-16-. The van der Waals surface area contributed by atoms with Crippen LogP contribution in [-0.4, -0.2) is 31.2 Å². The highest BCUT2D eigenvalue weighted by molar-refractivity contribution is 6.35. The van der Waals surface area contributed by atoms with Crippen LogP contribution in [0.25, 0.3) is 0 Å². The number of unbranched alkanes of at least 4 members (excludes halogenated alkanes) is 1. The number of carbonyl (C=O) groups excluding carboxylic acids is 2. The molecule has 0 unspecified atom stereocenters. The van der Waals surface area contributed by atoms with Crippen LogP contribution in [0.3, 0.4) is 0 Å². The number of rotatable bonds is 9. The monoisotopic (exact) mass is 367 g/mol. The van der Waals surface area contributed by atoms with E-state index in [0.717, 1.165) is 29.7 Å². The van der Waals surface area contributed by atoms with E-state index >= 15 is 0 Å². The number of amides is 2. The van der Waals surface area contributed by atoms with E-state index in [1.54, 1.807) is 0 Å². The summed E-state index contributed by atoms with van der Waals surface area (Å²) in [4.78, 5) is 23.5. The number of benzene rings is 2. The van der Waals surface area contributed by atoms with Crippen LogP contribution in [0.2, 0.25) is 0 Å². The lowest BCUT2D eigenvalue weighted by Gasteiger charge is -2.05. The van der Waals surface area contributed by atoms with E-state index < -0.39 is 11.8 Å². The lowest BCUT2D eigenvalue weighted by Crippen LogP contribution is -2.38. The number of nitrogens with zero attached hydrogens (tertiary/aromatic N) is 1. The van der Waals surface area contributed by atoms with E-state index in [-0.39, 0.29) is 0 Å². The number of hydrogen-bond acceptors (Lipinski definition) is 4. The molecule has 0 saturated heterocycles. The van der Waals surface area contributed by atoms with E-state index in [9.17, 15) is 9.59 Å². The Hall–Kier alpha value is -3.15. The molecule has 2 amide bonds. The zero-order valence-corrected chi connectivity index (χ0v) is 15.5. The van der Waals surface area contributed by atoms with E-state index in [0.29, 0.717) is 19.6 Å². The number of hydrazone groups is 1. The van der Waals surface area contributed by atoms with E-state index in [2.05, 4.69) is 22.8 Å². The molecular weight excluding hydrogens is 342 g/mol. The van der Waals surface area contributed by atoms with Crippen molar-refractivity contribution in [3.05, 3.63) is 65.7 Å². The van der Waals surface area contributed by atoms with Gasteiger partial charge in [0, 0.05) is 6.54 Å². The Bertz CT molecular complexity index is 743. The first-order valence-electron chi connectivity index (χ1n) is 9.07. The summed E-state index contributed by atoms with van der Waals surface area (Å²) in [7, 11) is 0. The van der Waals surface area contributed by atoms with Crippen molar-refractivity contribution >= 4 is 18.0 Å². The largest absolute Gasteiger partial charge is 0.494 e. The molecule has 0 aliphatic carbocycles. The summed E-state index contributed by atoms with van der Waals surface area (Å²) in [6.45, 7) is 3.19. The van der Waals surface area contributed by atoms with E-state index in [4.69, 9.17) is 4.74 Å². The van der Waals surface area contributed by atoms with E-state index in [1.807, 2.05) is 54.6 Å². The van der Waals surface area contributed by atoms with Gasteiger partial charge in [-0.15, -0.1) is 0 Å². The maximum atomic E-state index is 11.7. The van der Waals surface area contributed by atoms with Crippen molar-refractivity contribution in [1.29, 1.82) is 0 Å². The molecule has 0 spiro atoms. The van der Waals surface area contributed by atoms with Crippen molar-refractivity contribution in [2.45, 2.75) is 26.2 Å². The molecule has 0 radical (unpaired) electrons. The molecule has 0 aromatic heterocycles. The molecule has 142 valence electrons. The van der Waals surface area contributed by atoms with Gasteiger partial charge in [0.15, 0.2) is 0 Å². The predicted octanol–water partition coefficient (Wildman–Crippen LogP) is 2.67. The quantitative estimate of drug-likeness (QED) is 0.309. The molecule has 2 aromatic rings. The fraction of sp³-hybridized carbons (Fsp3) is 0.286. The zero-order chi connectivity index (χ0) is 19.3. The lowest BCUT2D eigenvalue weighted by molar-refractivity contribution is -0.139. The summed E-state index contributed by atoms with van der Waals surface area (Å²) in [6.07, 6.45) is 4.24. The van der Waals surface area contributed by atoms with Crippen molar-refractivity contribution in [1.82, 2.24) is 10.7 Å². The molecule has 0 fully saturated rings. The average molecular weight is 367 g/mol. The molecule has 0 bridgehead atoms. The first-order chi connectivity index (χ1) is 13.2. The summed E-state index contributed by atoms with van der Waals surface area (Å²) in [5.41, 5.74) is 4.11. The zero-order valence-electron chi connectivity index (χ0n) is 15.5.